The number of carboxylic acid groups (broad SMARTS) is 3. The van der Waals surface area contributed by atoms with E-state index in [0.29, 0.717) is 37.5 Å². The predicted octanol–water partition coefficient (Wildman–Crippen LogP) is -1.38. The second-order valence-corrected chi connectivity index (χ2v) is 4.92. The molecule has 26 heavy (non-hydrogen) atoms. The van der Waals surface area contributed by atoms with Gasteiger partial charge in [0.25, 0.3) is 0 Å². The minimum Gasteiger partial charge on any atom is -1.00 e. The summed E-state index contributed by atoms with van der Waals surface area (Å²) in [6.45, 7) is 2.12. The molecule has 0 aromatic heterocycles. The van der Waals surface area contributed by atoms with Gasteiger partial charge in [-0.05, 0) is 12.1 Å². The normalized spacial score (nSPS) is 12.8. The molecule has 0 spiro atoms. The third-order valence-electron chi connectivity index (χ3n) is 3.51. The standard InChI is InChI=1S/C14H18N2O5.CH2O3.K.H/c1-20-12-9-10(3-4-11(12)13(17)21-2)15-5-7-16(8-6-15)14(18)19;2-1(3)4;;/h3-4,9H,5-8H2,1-2H3,(H,18,19);(H2,2,3,4);;/q;;+1;-1. The van der Waals surface area contributed by atoms with Gasteiger partial charge in [-0.3, -0.25) is 0 Å². The van der Waals surface area contributed by atoms with Crippen molar-refractivity contribution in [3.05, 3.63) is 23.8 Å². The van der Waals surface area contributed by atoms with Crippen molar-refractivity contribution in [2.45, 2.75) is 0 Å². The Morgan fingerprint density at radius 2 is 1.58 bits per heavy atom. The smallest absolute Gasteiger partial charge is 1.00 e. The molecule has 1 aromatic carbocycles. The molecule has 3 N–H and O–H groups in total. The summed E-state index contributed by atoms with van der Waals surface area (Å²) in [6, 6.07) is 5.23. The Bertz CT molecular complexity index is 634. The fourth-order valence-electron chi connectivity index (χ4n) is 2.31. The molecule has 140 valence electrons. The number of ether oxygens (including phenoxy) is 2. The molecule has 1 aromatic rings. The molecular formula is C15H21KN2O8. The minimum absolute atomic E-state index is 0. The molecule has 0 bridgehead atoms. The average Bonchev–Trinajstić information content (AvgIpc) is 2.60. The fourth-order valence-corrected chi connectivity index (χ4v) is 2.31. The SMILES string of the molecule is COC(=O)c1ccc(N2CCN(C(=O)O)CC2)cc1OC.O=C(O)O.[H-].[K+]. The molecule has 0 saturated carbocycles. The molecule has 0 atom stereocenters. The van der Waals surface area contributed by atoms with Crippen LogP contribution in [0, 0.1) is 0 Å². The summed E-state index contributed by atoms with van der Waals surface area (Å²) in [7, 11) is 2.81. The maximum atomic E-state index is 11.6. The van der Waals surface area contributed by atoms with E-state index in [1.165, 1.54) is 19.1 Å². The second kappa shape index (κ2) is 12.0. The summed E-state index contributed by atoms with van der Waals surface area (Å²) in [5, 5.41) is 22.9. The largest absolute Gasteiger partial charge is 1.00 e. The topological polar surface area (TPSA) is 137 Å². The number of hydrogen-bond acceptors (Lipinski definition) is 6. The van der Waals surface area contributed by atoms with Crippen molar-refractivity contribution in [1.29, 1.82) is 0 Å². The van der Waals surface area contributed by atoms with Crippen LogP contribution in [0.2, 0.25) is 0 Å². The van der Waals surface area contributed by atoms with Gasteiger partial charge in [-0.25, -0.2) is 14.4 Å². The van der Waals surface area contributed by atoms with Crippen molar-refractivity contribution in [3.8, 4) is 5.75 Å². The van der Waals surface area contributed by atoms with Crippen molar-refractivity contribution < 1.29 is 92.0 Å². The van der Waals surface area contributed by atoms with Gasteiger partial charge < -0.3 is 36.0 Å². The molecule has 10 nitrogen and oxygen atoms in total. The second-order valence-electron chi connectivity index (χ2n) is 4.92. The fraction of sp³-hybridized carbons (Fsp3) is 0.400. The summed E-state index contributed by atoms with van der Waals surface area (Å²) >= 11 is 0. The van der Waals surface area contributed by atoms with Gasteiger partial charge in [0.1, 0.15) is 11.3 Å². The van der Waals surface area contributed by atoms with E-state index in [1.807, 2.05) is 6.07 Å². The Morgan fingerprint density at radius 3 is 2.00 bits per heavy atom. The van der Waals surface area contributed by atoms with Crippen molar-refractivity contribution in [3.63, 3.8) is 0 Å². The van der Waals surface area contributed by atoms with Crippen LogP contribution in [0.3, 0.4) is 0 Å². The monoisotopic (exact) mass is 396 g/mol. The van der Waals surface area contributed by atoms with E-state index in [1.54, 1.807) is 12.1 Å². The van der Waals surface area contributed by atoms with Crippen molar-refractivity contribution in [2.24, 2.45) is 0 Å². The van der Waals surface area contributed by atoms with E-state index in [4.69, 9.17) is 29.6 Å². The molecular weight excluding hydrogens is 375 g/mol. The summed E-state index contributed by atoms with van der Waals surface area (Å²) in [6.07, 6.45) is -2.73. The zero-order valence-corrected chi connectivity index (χ0v) is 18.0. The van der Waals surface area contributed by atoms with Crippen LogP contribution in [-0.4, -0.2) is 78.8 Å². The number of nitrogens with zero attached hydrogens (tertiary/aromatic N) is 2. The number of piperazine rings is 1. The molecule has 0 radical (unpaired) electrons. The zero-order valence-electron chi connectivity index (χ0n) is 15.8. The van der Waals surface area contributed by atoms with E-state index in [0.717, 1.165) is 5.69 Å². The van der Waals surface area contributed by atoms with E-state index >= 15 is 0 Å². The van der Waals surface area contributed by atoms with Crippen LogP contribution in [-0.2, 0) is 4.74 Å². The van der Waals surface area contributed by atoms with Gasteiger partial charge >= 0.3 is 69.6 Å². The third-order valence-corrected chi connectivity index (χ3v) is 3.51. The van der Waals surface area contributed by atoms with E-state index < -0.39 is 18.2 Å². The third kappa shape index (κ3) is 7.38. The summed E-state index contributed by atoms with van der Waals surface area (Å²) in [4.78, 5) is 34.5. The Hall–Kier alpha value is -1.53. The van der Waals surface area contributed by atoms with Gasteiger partial charge in [0.05, 0.1) is 14.2 Å². The molecule has 2 rings (SSSR count). The molecule has 1 heterocycles. The molecule has 11 heteroatoms. The number of methoxy groups -OCH3 is 2. The summed E-state index contributed by atoms with van der Waals surface area (Å²) < 4.78 is 9.93. The van der Waals surface area contributed by atoms with Crippen molar-refractivity contribution in [2.75, 3.05) is 45.3 Å². The molecule has 1 fully saturated rings. The van der Waals surface area contributed by atoms with Crippen LogP contribution in [0.5, 0.6) is 5.75 Å². The zero-order chi connectivity index (χ0) is 19.0. The first-order valence-electron chi connectivity index (χ1n) is 7.21. The minimum atomic E-state index is -1.83. The van der Waals surface area contributed by atoms with Crippen molar-refractivity contribution in [1.82, 2.24) is 4.90 Å². The Labute approximate surface area is 194 Å². The summed E-state index contributed by atoms with van der Waals surface area (Å²) in [5.41, 5.74) is 1.26. The van der Waals surface area contributed by atoms with Crippen LogP contribution in [0.4, 0.5) is 15.3 Å². The molecule has 1 aliphatic rings. The van der Waals surface area contributed by atoms with Crippen LogP contribution >= 0.6 is 0 Å². The Kier molecular flexibility index (Phi) is 11.3. The molecule has 0 unspecified atom stereocenters. The van der Waals surface area contributed by atoms with Crippen LogP contribution < -0.4 is 61.0 Å². The first-order valence-corrected chi connectivity index (χ1v) is 7.21. The molecule has 1 amide bonds. The van der Waals surface area contributed by atoms with Crippen LogP contribution in [0.15, 0.2) is 18.2 Å². The number of carbonyl (C=O) groups is 3. The van der Waals surface area contributed by atoms with E-state index in [-0.39, 0.29) is 52.8 Å². The number of hydrogen-bond donors (Lipinski definition) is 3. The van der Waals surface area contributed by atoms with Gasteiger partial charge in [-0.1, -0.05) is 0 Å². The quantitative estimate of drug-likeness (QED) is 0.417. The van der Waals surface area contributed by atoms with Crippen LogP contribution in [0.25, 0.3) is 0 Å². The van der Waals surface area contributed by atoms with Crippen molar-refractivity contribution >= 4 is 23.9 Å². The van der Waals surface area contributed by atoms with Gasteiger partial charge in [0, 0.05) is 37.9 Å². The number of carbonyl (C=O) groups excluding carboxylic acids is 1. The number of benzene rings is 1. The maximum absolute atomic E-state index is 11.6. The number of esters is 1. The summed E-state index contributed by atoms with van der Waals surface area (Å²) in [5.74, 6) is -0.00545. The first kappa shape index (κ1) is 24.5. The molecule has 1 saturated heterocycles. The number of amides is 1. The Balaban J connectivity index is 0. The predicted molar refractivity (Wildman–Crippen MR) is 87.9 cm³/mol. The van der Waals surface area contributed by atoms with Gasteiger partial charge in [-0.15, -0.1) is 0 Å². The van der Waals surface area contributed by atoms with Gasteiger partial charge in [-0.2, -0.15) is 0 Å². The van der Waals surface area contributed by atoms with E-state index in [9.17, 15) is 9.59 Å². The van der Waals surface area contributed by atoms with Crippen LogP contribution in [0.1, 0.15) is 11.8 Å². The average molecular weight is 396 g/mol. The van der Waals surface area contributed by atoms with Gasteiger partial charge in [0.2, 0.25) is 0 Å². The van der Waals surface area contributed by atoms with E-state index in [2.05, 4.69) is 4.90 Å². The number of anilines is 1. The molecule has 1 aliphatic heterocycles. The molecule has 0 aliphatic carbocycles. The Morgan fingerprint density at radius 1 is 1.04 bits per heavy atom. The number of rotatable bonds is 3. The maximum Gasteiger partial charge on any atom is 1.00 e. The first-order chi connectivity index (χ1) is 11.8. The van der Waals surface area contributed by atoms with Gasteiger partial charge in [0.15, 0.2) is 0 Å².